The number of halogens is 1. The number of nitrogens with two attached hydrogens (primary N) is 1. The topological polar surface area (TPSA) is 92.4 Å². The molecular formula is C14H19ClN2O3. The van der Waals surface area contributed by atoms with Crippen molar-refractivity contribution in [1.29, 1.82) is 0 Å². The van der Waals surface area contributed by atoms with E-state index in [4.69, 9.17) is 17.3 Å². The number of carboxylic acids is 1. The first-order valence-electron chi connectivity index (χ1n) is 6.50. The lowest BCUT2D eigenvalue weighted by Crippen LogP contribution is -2.44. The molecule has 0 saturated heterocycles. The molecule has 1 amide bonds. The number of nitrogens with one attached hydrogen (secondary N) is 1. The van der Waals surface area contributed by atoms with E-state index >= 15 is 0 Å². The van der Waals surface area contributed by atoms with Gasteiger partial charge >= 0.3 is 5.97 Å². The summed E-state index contributed by atoms with van der Waals surface area (Å²) in [4.78, 5) is 23.2. The van der Waals surface area contributed by atoms with Gasteiger partial charge in [-0.15, -0.1) is 0 Å². The fourth-order valence-electron chi connectivity index (χ4n) is 1.79. The van der Waals surface area contributed by atoms with Crippen molar-refractivity contribution in [3.63, 3.8) is 0 Å². The van der Waals surface area contributed by atoms with Crippen LogP contribution in [0.25, 0.3) is 0 Å². The molecule has 4 N–H and O–H groups in total. The van der Waals surface area contributed by atoms with Gasteiger partial charge in [-0.25, -0.2) is 4.79 Å². The van der Waals surface area contributed by atoms with Gasteiger partial charge in [-0.3, -0.25) is 4.79 Å². The minimum absolute atomic E-state index is 0.294. The van der Waals surface area contributed by atoms with Gasteiger partial charge in [0, 0.05) is 10.6 Å². The van der Waals surface area contributed by atoms with Crippen LogP contribution >= 0.6 is 11.6 Å². The van der Waals surface area contributed by atoms with E-state index in [0.717, 1.165) is 12.8 Å². The van der Waals surface area contributed by atoms with Crippen molar-refractivity contribution in [2.24, 2.45) is 5.73 Å². The fourth-order valence-corrected chi connectivity index (χ4v) is 2.03. The van der Waals surface area contributed by atoms with E-state index in [1.807, 2.05) is 6.92 Å². The third-order valence-corrected chi connectivity index (χ3v) is 3.30. The second-order valence-electron chi connectivity index (χ2n) is 4.55. The summed E-state index contributed by atoms with van der Waals surface area (Å²) in [6.45, 7) is 1.99. The third-order valence-electron chi connectivity index (χ3n) is 2.96. The largest absolute Gasteiger partial charge is 0.479 e. The van der Waals surface area contributed by atoms with Gasteiger partial charge in [0.2, 0.25) is 5.91 Å². The molecule has 0 spiro atoms. The van der Waals surface area contributed by atoms with Crippen molar-refractivity contribution in [3.8, 4) is 0 Å². The fraction of sp³-hybridized carbons (Fsp3) is 0.429. The zero-order valence-electron chi connectivity index (χ0n) is 11.3. The quantitative estimate of drug-likeness (QED) is 0.719. The maximum atomic E-state index is 11.9. The van der Waals surface area contributed by atoms with Gasteiger partial charge in [0.1, 0.15) is 0 Å². The van der Waals surface area contributed by atoms with E-state index in [9.17, 15) is 14.7 Å². The molecule has 6 heteroatoms. The van der Waals surface area contributed by atoms with Crippen molar-refractivity contribution in [1.82, 2.24) is 5.32 Å². The highest BCUT2D eigenvalue weighted by atomic mass is 35.5. The Morgan fingerprint density at radius 3 is 2.60 bits per heavy atom. The van der Waals surface area contributed by atoms with Crippen LogP contribution in [-0.2, 0) is 9.59 Å². The van der Waals surface area contributed by atoms with Gasteiger partial charge in [-0.1, -0.05) is 49.6 Å². The summed E-state index contributed by atoms with van der Waals surface area (Å²) in [6.07, 6.45) is 2.27. The normalized spacial score (nSPS) is 13.6. The first-order chi connectivity index (χ1) is 9.47. The second kappa shape index (κ2) is 7.87. The summed E-state index contributed by atoms with van der Waals surface area (Å²) < 4.78 is 0. The first kappa shape index (κ1) is 16.5. The maximum Gasteiger partial charge on any atom is 0.330 e. The molecule has 0 aliphatic rings. The predicted octanol–water partition coefficient (Wildman–Crippen LogP) is 2.10. The number of rotatable bonds is 7. The summed E-state index contributed by atoms with van der Waals surface area (Å²) in [5, 5.41) is 12.0. The van der Waals surface area contributed by atoms with Crippen LogP contribution in [0.1, 0.15) is 37.8 Å². The predicted molar refractivity (Wildman–Crippen MR) is 77.5 cm³/mol. The van der Waals surface area contributed by atoms with E-state index in [1.165, 1.54) is 0 Å². The highest BCUT2D eigenvalue weighted by Crippen LogP contribution is 2.23. The zero-order valence-corrected chi connectivity index (χ0v) is 12.1. The minimum atomic E-state index is -1.19. The molecule has 110 valence electrons. The van der Waals surface area contributed by atoms with Crippen molar-refractivity contribution >= 4 is 23.5 Å². The molecule has 0 aromatic heterocycles. The van der Waals surface area contributed by atoms with E-state index in [1.54, 1.807) is 24.3 Å². The van der Waals surface area contributed by atoms with E-state index in [2.05, 4.69) is 5.32 Å². The van der Waals surface area contributed by atoms with E-state index in [-0.39, 0.29) is 0 Å². The molecule has 0 saturated carbocycles. The van der Waals surface area contributed by atoms with E-state index < -0.39 is 24.0 Å². The molecule has 0 bridgehead atoms. The monoisotopic (exact) mass is 298 g/mol. The van der Waals surface area contributed by atoms with Crippen LogP contribution in [0.3, 0.4) is 0 Å². The van der Waals surface area contributed by atoms with Crippen molar-refractivity contribution < 1.29 is 14.7 Å². The second-order valence-corrected chi connectivity index (χ2v) is 4.96. The Kier molecular flexibility index (Phi) is 6.48. The number of amides is 1. The maximum absolute atomic E-state index is 11.9. The van der Waals surface area contributed by atoms with Crippen LogP contribution in [0, 0.1) is 0 Å². The Balaban J connectivity index is 2.81. The number of carbonyl (C=O) groups excluding carboxylic acids is 1. The van der Waals surface area contributed by atoms with Gasteiger partial charge < -0.3 is 16.2 Å². The number of aliphatic carboxylic acids is 1. The number of hydrogen-bond acceptors (Lipinski definition) is 3. The van der Waals surface area contributed by atoms with Crippen LogP contribution in [-0.4, -0.2) is 23.0 Å². The summed E-state index contributed by atoms with van der Waals surface area (Å²) in [6, 6.07) is 4.61. The third kappa shape index (κ3) is 4.51. The van der Waals surface area contributed by atoms with Gasteiger partial charge in [0.15, 0.2) is 6.04 Å². The van der Waals surface area contributed by atoms with Gasteiger partial charge in [0.05, 0.1) is 6.04 Å². The summed E-state index contributed by atoms with van der Waals surface area (Å²) >= 11 is 5.96. The Hall–Kier alpha value is -1.59. The molecule has 1 rings (SSSR count). The molecule has 0 unspecified atom stereocenters. The van der Waals surface area contributed by atoms with Crippen LogP contribution < -0.4 is 11.1 Å². The Morgan fingerprint density at radius 1 is 1.40 bits per heavy atom. The highest BCUT2D eigenvalue weighted by Gasteiger charge is 2.26. The number of unbranched alkanes of at least 4 members (excludes halogenated alkanes) is 1. The Morgan fingerprint density at radius 2 is 2.05 bits per heavy atom. The molecule has 1 aromatic carbocycles. The van der Waals surface area contributed by atoms with Crippen molar-refractivity contribution in [2.75, 3.05) is 0 Å². The molecule has 2 atom stereocenters. The minimum Gasteiger partial charge on any atom is -0.479 e. The molecule has 0 heterocycles. The SMILES string of the molecule is CCCC[C@H](N)C(=O)N[C@@H](C(=O)O)c1ccccc1Cl. The summed E-state index contributed by atoms with van der Waals surface area (Å²) in [5.74, 6) is -1.65. The molecule has 0 aliphatic carbocycles. The lowest BCUT2D eigenvalue weighted by molar-refractivity contribution is -0.142. The highest BCUT2D eigenvalue weighted by molar-refractivity contribution is 6.31. The first-order valence-corrected chi connectivity index (χ1v) is 6.88. The molecule has 0 radical (unpaired) electrons. The lowest BCUT2D eigenvalue weighted by atomic mass is 10.1. The molecule has 1 aromatic rings. The van der Waals surface area contributed by atoms with Gasteiger partial charge in [-0.2, -0.15) is 0 Å². The molecule has 0 aliphatic heterocycles. The lowest BCUT2D eigenvalue weighted by Gasteiger charge is -2.19. The Labute approximate surface area is 123 Å². The van der Waals surface area contributed by atoms with Crippen LogP contribution in [0.15, 0.2) is 24.3 Å². The van der Waals surface area contributed by atoms with Crippen LogP contribution in [0.4, 0.5) is 0 Å². The number of carboxylic acid groups (broad SMARTS) is 1. The summed E-state index contributed by atoms with van der Waals surface area (Å²) in [5.41, 5.74) is 6.08. The standard InChI is InChI=1S/C14H19ClN2O3/c1-2-3-8-11(16)13(18)17-12(14(19)20)9-6-4-5-7-10(9)15/h4-7,11-12H,2-3,8,16H2,1H3,(H,17,18)(H,19,20)/t11-,12+/m0/s1. The number of carbonyl (C=O) groups is 2. The number of benzene rings is 1. The zero-order chi connectivity index (χ0) is 15.1. The van der Waals surface area contributed by atoms with Crippen molar-refractivity contribution in [2.45, 2.75) is 38.3 Å². The van der Waals surface area contributed by atoms with Crippen molar-refractivity contribution in [3.05, 3.63) is 34.9 Å². The van der Waals surface area contributed by atoms with Gasteiger partial charge in [-0.05, 0) is 12.5 Å². The van der Waals surface area contributed by atoms with Gasteiger partial charge in [0.25, 0.3) is 0 Å². The Bertz CT molecular complexity index is 479. The summed E-state index contributed by atoms with van der Waals surface area (Å²) in [7, 11) is 0. The molecule has 5 nitrogen and oxygen atoms in total. The number of hydrogen-bond donors (Lipinski definition) is 3. The van der Waals surface area contributed by atoms with Crippen LogP contribution in [0.2, 0.25) is 5.02 Å². The van der Waals surface area contributed by atoms with E-state index in [0.29, 0.717) is 17.0 Å². The smallest absolute Gasteiger partial charge is 0.330 e. The average Bonchev–Trinajstić information content (AvgIpc) is 2.42. The molecule has 0 fully saturated rings. The molecular weight excluding hydrogens is 280 g/mol. The van der Waals surface area contributed by atoms with Crippen LogP contribution in [0.5, 0.6) is 0 Å². The average molecular weight is 299 g/mol. The molecule has 20 heavy (non-hydrogen) atoms.